The fraction of sp³-hybridized carbons (Fsp3) is 0. The number of aromatic nitrogens is 4. The van der Waals surface area contributed by atoms with E-state index >= 15 is 0 Å². The van der Waals surface area contributed by atoms with Gasteiger partial charge in [-0.15, -0.1) is 0 Å². The van der Waals surface area contributed by atoms with E-state index in [0.717, 1.165) is 113 Å². The maximum Gasteiger partial charge on any atom is 0.160 e. The van der Waals surface area contributed by atoms with E-state index in [0.29, 0.717) is 11.6 Å². The highest BCUT2D eigenvalue weighted by Gasteiger charge is 2.18. The normalized spacial score (nSPS) is 11.6. The molecule has 0 N–H and O–H groups in total. The summed E-state index contributed by atoms with van der Waals surface area (Å²) in [5, 5.41) is 4.27. The van der Waals surface area contributed by atoms with Crippen LogP contribution in [-0.4, -0.2) is 19.9 Å². The largest absolute Gasteiger partial charge is 0.455 e. The molecular weight excluding hydrogens is 1010 g/mol. The van der Waals surface area contributed by atoms with E-state index in [1.807, 2.05) is 36.4 Å². The quantitative estimate of drug-likeness (QED) is 0.117. The second-order valence-corrected chi connectivity index (χ2v) is 17.9. The van der Waals surface area contributed by atoms with Crippen LogP contribution < -0.4 is 0 Å². The lowest BCUT2D eigenvalue weighted by atomic mass is 9.98. The molecule has 4 heterocycles. The van der Waals surface area contributed by atoms with Crippen molar-refractivity contribution in [2.45, 2.75) is 0 Å². The lowest BCUT2D eigenvalue weighted by Gasteiger charge is -2.09. The fourth-order valence-corrected chi connectivity index (χ4v) is 9.68. The van der Waals surface area contributed by atoms with E-state index in [1.165, 1.54) is 5.56 Å². The van der Waals surface area contributed by atoms with Gasteiger partial charge in [-0.1, -0.05) is 146 Å². The maximum absolute atomic E-state index is 6.60. The van der Waals surface area contributed by atoms with Gasteiger partial charge in [-0.2, -0.15) is 0 Å². The van der Waals surface area contributed by atoms with Crippen molar-refractivity contribution >= 4 is 89.1 Å². The molecule has 0 fully saturated rings. The summed E-state index contributed by atoms with van der Waals surface area (Å²) in [4.78, 5) is 19.8. The van der Waals surface area contributed by atoms with Gasteiger partial charge in [-0.25, -0.2) is 19.9 Å². The summed E-state index contributed by atoms with van der Waals surface area (Å²) in [5.74, 6) is 1.35. The SMILES string of the molecule is Ic1cc(-c2cccc3c2oc2ccccc23)nc(-c2cccc(-c3ccc(-c4ccc5oc6c(-c7cc(I)nc(-c8ccc(-c9ccccc9)cc8)n7)cccc6c5c4)cc3)c2)n1. The maximum atomic E-state index is 6.60. The lowest BCUT2D eigenvalue weighted by Crippen LogP contribution is -1.95. The van der Waals surface area contributed by atoms with Gasteiger partial charge >= 0.3 is 0 Å². The van der Waals surface area contributed by atoms with Gasteiger partial charge in [0.1, 0.15) is 29.7 Å². The van der Waals surface area contributed by atoms with E-state index in [2.05, 4.69) is 203 Å². The number of halogens is 2. The van der Waals surface area contributed by atoms with Gasteiger partial charge in [0.15, 0.2) is 11.6 Å². The first-order valence-electron chi connectivity index (χ1n) is 20.8. The molecule has 0 unspecified atom stereocenters. The van der Waals surface area contributed by atoms with Gasteiger partial charge in [0, 0.05) is 43.8 Å². The zero-order valence-corrected chi connectivity index (χ0v) is 38.2. The van der Waals surface area contributed by atoms with Crippen LogP contribution in [0.4, 0.5) is 0 Å². The average Bonchev–Trinajstić information content (AvgIpc) is 3.92. The standard InChI is InChI=1S/C56H32I2N4O2/c57-51-31-47(59-55(61-51)37-25-23-34(24-26-37)33-9-2-1-3-10-33)45-17-8-15-43-46-30-39(27-28-50(46)64-54(43)45)36-21-19-35(20-22-36)38-11-6-12-40(29-38)56-60-48(32-52(58)62-56)44-16-7-14-42-41-13-4-5-18-49(41)63-53(42)44/h1-32H. The number of furan rings is 2. The summed E-state index contributed by atoms with van der Waals surface area (Å²) in [6.45, 7) is 0. The van der Waals surface area contributed by atoms with Crippen LogP contribution in [0.3, 0.4) is 0 Å². The van der Waals surface area contributed by atoms with Crippen molar-refractivity contribution in [3.63, 3.8) is 0 Å². The molecule has 6 nitrogen and oxygen atoms in total. The highest BCUT2D eigenvalue weighted by atomic mass is 127. The molecule has 0 saturated carbocycles. The third-order valence-corrected chi connectivity index (χ3v) is 12.9. The summed E-state index contributed by atoms with van der Waals surface area (Å²) < 4.78 is 14.7. The van der Waals surface area contributed by atoms with Crippen molar-refractivity contribution in [1.82, 2.24) is 19.9 Å². The molecule has 0 atom stereocenters. The van der Waals surface area contributed by atoms with Gasteiger partial charge in [0.05, 0.1) is 11.4 Å². The lowest BCUT2D eigenvalue weighted by molar-refractivity contribution is 0.669. The van der Waals surface area contributed by atoms with Crippen LogP contribution >= 0.6 is 45.2 Å². The predicted molar refractivity (Wildman–Crippen MR) is 276 cm³/mol. The fourth-order valence-electron chi connectivity index (χ4n) is 8.63. The Morgan fingerprint density at radius 3 is 1.39 bits per heavy atom. The van der Waals surface area contributed by atoms with E-state index < -0.39 is 0 Å². The third kappa shape index (κ3) is 7.03. The molecule has 0 aliphatic heterocycles. The van der Waals surface area contributed by atoms with Crippen LogP contribution in [-0.2, 0) is 0 Å². The minimum Gasteiger partial charge on any atom is -0.455 e. The Bertz CT molecular complexity index is 3750. The molecule has 0 aliphatic rings. The van der Waals surface area contributed by atoms with Crippen LogP contribution in [0, 0.1) is 7.40 Å². The Labute approximate surface area is 395 Å². The summed E-state index contributed by atoms with van der Waals surface area (Å²) in [5.41, 5.74) is 15.5. The molecule has 12 rings (SSSR count). The predicted octanol–water partition coefficient (Wildman–Crippen LogP) is 15.9. The molecule has 0 bridgehead atoms. The summed E-state index contributed by atoms with van der Waals surface area (Å²) in [6.07, 6.45) is 0. The number of rotatable bonds is 7. The van der Waals surface area contributed by atoms with Crippen LogP contribution in [0.25, 0.3) is 123 Å². The molecule has 302 valence electrons. The Morgan fingerprint density at radius 1 is 0.297 bits per heavy atom. The molecule has 0 spiro atoms. The van der Waals surface area contributed by atoms with Gasteiger partial charge in [0.25, 0.3) is 0 Å². The highest BCUT2D eigenvalue weighted by molar-refractivity contribution is 14.1. The van der Waals surface area contributed by atoms with Crippen LogP contribution in [0.5, 0.6) is 0 Å². The minimum absolute atomic E-state index is 0.668. The first-order chi connectivity index (χ1) is 31.5. The number of benzene rings is 8. The molecule has 0 saturated heterocycles. The smallest absolute Gasteiger partial charge is 0.160 e. The van der Waals surface area contributed by atoms with Crippen LogP contribution in [0.2, 0.25) is 0 Å². The summed E-state index contributed by atoms with van der Waals surface area (Å²) in [7, 11) is 0. The molecule has 0 amide bonds. The number of hydrogen-bond donors (Lipinski definition) is 0. The summed E-state index contributed by atoms with van der Waals surface area (Å²) in [6, 6.07) is 67.1. The van der Waals surface area contributed by atoms with E-state index in [1.54, 1.807) is 0 Å². The summed E-state index contributed by atoms with van der Waals surface area (Å²) >= 11 is 4.56. The number of hydrogen-bond acceptors (Lipinski definition) is 6. The number of para-hydroxylation sites is 3. The van der Waals surface area contributed by atoms with Gasteiger partial charge in [-0.05, 0) is 127 Å². The Morgan fingerprint density at radius 2 is 0.734 bits per heavy atom. The van der Waals surface area contributed by atoms with Crippen molar-refractivity contribution in [1.29, 1.82) is 0 Å². The van der Waals surface area contributed by atoms with Crippen LogP contribution in [0.15, 0.2) is 203 Å². The zero-order chi connectivity index (χ0) is 42.7. The second kappa shape index (κ2) is 16.0. The van der Waals surface area contributed by atoms with Crippen LogP contribution in [0.1, 0.15) is 0 Å². The number of nitrogens with zero attached hydrogens (tertiary/aromatic N) is 4. The average molecular weight is 1050 g/mol. The minimum atomic E-state index is 0.668. The van der Waals surface area contributed by atoms with Crippen molar-refractivity contribution in [3.05, 3.63) is 202 Å². The highest BCUT2D eigenvalue weighted by Crippen LogP contribution is 2.40. The molecule has 8 heteroatoms. The van der Waals surface area contributed by atoms with E-state index in [9.17, 15) is 0 Å². The molecule has 4 aromatic heterocycles. The molecule has 12 aromatic rings. The monoisotopic (exact) mass is 1050 g/mol. The van der Waals surface area contributed by atoms with Crippen molar-refractivity contribution in [2.24, 2.45) is 0 Å². The van der Waals surface area contributed by atoms with Crippen molar-refractivity contribution in [3.8, 4) is 78.7 Å². The molecule has 64 heavy (non-hydrogen) atoms. The zero-order valence-electron chi connectivity index (χ0n) is 33.8. The molecule has 0 aliphatic carbocycles. The Balaban J connectivity index is 0.834. The third-order valence-electron chi connectivity index (χ3n) is 11.8. The Kier molecular flexibility index (Phi) is 9.63. The van der Waals surface area contributed by atoms with Gasteiger partial charge in [0.2, 0.25) is 0 Å². The number of fused-ring (bicyclic) bond motifs is 6. The van der Waals surface area contributed by atoms with E-state index in [-0.39, 0.29) is 0 Å². The first-order valence-corrected chi connectivity index (χ1v) is 23.0. The molecule has 0 radical (unpaired) electrons. The topological polar surface area (TPSA) is 77.8 Å². The first kappa shape index (κ1) is 38.6. The second-order valence-electron chi connectivity index (χ2n) is 15.7. The Hall–Kier alpha value is -7.02. The van der Waals surface area contributed by atoms with Gasteiger partial charge in [-0.3, -0.25) is 0 Å². The van der Waals surface area contributed by atoms with Crippen molar-refractivity contribution in [2.75, 3.05) is 0 Å². The van der Waals surface area contributed by atoms with E-state index in [4.69, 9.17) is 28.8 Å². The molecule has 8 aromatic carbocycles. The van der Waals surface area contributed by atoms with Gasteiger partial charge < -0.3 is 8.83 Å². The van der Waals surface area contributed by atoms with Crippen molar-refractivity contribution < 1.29 is 8.83 Å². The molecular formula is C56H32I2N4O2.